The molecule has 7 rings (SSSR count). The van der Waals surface area contributed by atoms with E-state index in [9.17, 15) is 14.3 Å². The highest BCUT2D eigenvalue weighted by Gasteiger charge is 2.34. The molecule has 1 aliphatic heterocycles. The molecule has 3 atom stereocenters. The van der Waals surface area contributed by atoms with Crippen LogP contribution in [0.2, 0.25) is 0 Å². The van der Waals surface area contributed by atoms with E-state index >= 15 is 8.78 Å². The highest BCUT2D eigenvalue weighted by molar-refractivity contribution is 7.17. The van der Waals surface area contributed by atoms with Crippen LogP contribution in [0.25, 0.3) is 54.9 Å². The van der Waals surface area contributed by atoms with Gasteiger partial charge in [0.1, 0.15) is 41.2 Å². The van der Waals surface area contributed by atoms with Crippen LogP contribution >= 0.6 is 11.3 Å². The van der Waals surface area contributed by atoms with Crippen molar-refractivity contribution < 1.29 is 27.8 Å². The van der Waals surface area contributed by atoms with E-state index < -0.39 is 29.6 Å². The number of aliphatic hydroxyl groups is 1. The number of thiophene rings is 1. The van der Waals surface area contributed by atoms with Crippen LogP contribution in [0, 0.1) is 17.5 Å². The standard InChI is InChI=1S/C35H31F3N6O3S/c1-6-29(46)43-13-17(2)44-27(19(43)4)12-25(41-44)34-32(30-22(37)10-21(36)11-28(30)47-14-18(3)45)31-23(38)15-48-35(31)33(40-34)20-7-8-26-24(9-20)39-16-42(26)5/h6-12,15-19,45H,1,13-14H2,2-5H3/t17-,18+,19+/m0/s1. The van der Waals surface area contributed by atoms with Crippen LogP contribution in [0.4, 0.5) is 13.2 Å². The minimum absolute atomic E-state index is 0.0271. The maximum Gasteiger partial charge on any atom is 0.246 e. The highest BCUT2D eigenvalue weighted by atomic mass is 32.1. The number of amides is 1. The third-order valence-electron chi connectivity index (χ3n) is 8.66. The van der Waals surface area contributed by atoms with E-state index in [1.807, 2.05) is 43.7 Å². The van der Waals surface area contributed by atoms with Gasteiger partial charge in [-0.3, -0.25) is 9.48 Å². The quantitative estimate of drug-likeness (QED) is 0.180. The van der Waals surface area contributed by atoms with Gasteiger partial charge < -0.3 is 19.3 Å². The van der Waals surface area contributed by atoms with Crippen molar-refractivity contribution in [1.82, 2.24) is 29.2 Å². The highest BCUT2D eigenvalue weighted by Crippen LogP contribution is 2.48. The molecule has 9 nitrogen and oxygen atoms in total. The summed E-state index contributed by atoms with van der Waals surface area (Å²) in [6.45, 7) is 9.01. The van der Waals surface area contributed by atoms with Crippen molar-refractivity contribution in [1.29, 1.82) is 0 Å². The second-order valence-electron chi connectivity index (χ2n) is 12.1. The molecule has 0 spiro atoms. The molecule has 6 aromatic rings. The fourth-order valence-corrected chi connectivity index (χ4v) is 7.30. The van der Waals surface area contributed by atoms with Crippen molar-refractivity contribution in [3.05, 3.63) is 83.9 Å². The summed E-state index contributed by atoms with van der Waals surface area (Å²) in [5.74, 6) is -2.99. The Labute approximate surface area is 277 Å². The number of ether oxygens (including phenoxy) is 1. The van der Waals surface area contributed by atoms with Crippen LogP contribution in [0.3, 0.4) is 0 Å². The van der Waals surface area contributed by atoms with E-state index in [0.717, 1.165) is 22.9 Å². The van der Waals surface area contributed by atoms with E-state index in [4.69, 9.17) is 14.8 Å². The van der Waals surface area contributed by atoms with Gasteiger partial charge in [0.2, 0.25) is 5.91 Å². The van der Waals surface area contributed by atoms with Crippen LogP contribution in [0.15, 0.2) is 60.8 Å². The number of hydrogen-bond acceptors (Lipinski definition) is 7. The van der Waals surface area contributed by atoms with Crippen LogP contribution in [-0.4, -0.2) is 59.5 Å². The van der Waals surface area contributed by atoms with Crippen molar-refractivity contribution in [3.8, 4) is 39.5 Å². The lowest BCUT2D eigenvalue weighted by Gasteiger charge is -2.36. The Balaban J connectivity index is 1.55. The Morgan fingerprint density at radius 1 is 1.15 bits per heavy atom. The van der Waals surface area contributed by atoms with Gasteiger partial charge >= 0.3 is 0 Å². The minimum Gasteiger partial charge on any atom is -0.490 e. The number of fused-ring (bicyclic) bond motifs is 3. The van der Waals surface area contributed by atoms with E-state index in [2.05, 4.69) is 11.6 Å². The van der Waals surface area contributed by atoms with Gasteiger partial charge in [-0.2, -0.15) is 5.10 Å². The van der Waals surface area contributed by atoms with Crippen molar-refractivity contribution >= 4 is 38.4 Å². The van der Waals surface area contributed by atoms with Crippen molar-refractivity contribution in [2.45, 2.75) is 39.0 Å². The second kappa shape index (κ2) is 11.9. The van der Waals surface area contributed by atoms with E-state index in [0.29, 0.717) is 45.5 Å². The molecule has 1 amide bonds. The number of halogens is 3. The summed E-state index contributed by atoms with van der Waals surface area (Å²) in [7, 11) is 1.88. The molecule has 1 N–H and O–H groups in total. The number of hydrogen-bond donors (Lipinski definition) is 1. The van der Waals surface area contributed by atoms with Crippen LogP contribution < -0.4 is 4.74 Å². The first-order valence-corrected chi connectivity index (χ1v) is 16.2. The number of aromatic nitrogens is 5. The molecular formula is C35H31F3N6O3S. The molecule has 0 saturated heterocycles. The zero-order valence-electron chi connectivity index (χ0n) is 26.5. The molecular weight excluding hydrogens is 641 g/mol. The normalized spacial score (nSPS) is 16.8. The third-order valence-corrected chi connectivity index (χ3v) is 9.62. The molecule has 0 fully saturated rings. The number of aryl methyl sites for hydroxylation is 1. The number of imidazole rings is 1. The Bertz CT molecular complexity index is 2260. The number of carbonyl (C=O) groups excluding carboxylic acids is 1. The maximum absolute atomic E-state index is 16.1. The summed E-state index contributed by atoms with van der Waals surface area (Å²) in [4.78, 5) is 24.0. The number of pyridine rings is 1. The monoisotopic (exact) mass is 672 g/mol. The number of nitrogens with zero attached hydrogens (tertiary/aromatic N) is 6. The Kier molecular flexibility index (Phi) is 7.83. The van der Waals surface area contributed by atoms with Gasteiger partial charge in [0.15, 0.2) is 0 Å². The van der Waals surface area contributed by atoms with Gasteiger partial charge in [0.25, 0.3) is 0 Å². The molecule has 4 aromatic heterocycles. The molecule has 1 aliphatic rings. The first-order valence-electron chi connectivity index (χ1n) is 15.3. The number of rotatable bonds is 7. The number of carbonyl (C=O) groups is 1. The Morgan fingerprint density at radius 2 is 1.94 bits per heavy atom. The molecule has 48 heavy (non-hydrogen) atoms. The summed E-state index contributed by atoms with van der Waals surface area (Å²) in [5, 5.41) is 16.2. The largest absolute Gasteiger partial charge is 0.490 e. The lowest BCUT2D eigenvalue weighted by Crippen LogP contribution is -2.42. The van der Waals surface area contributed by atoms with Gasteiger partial charge in [0, 0.05) is 47.6 Å². The average Bonchev–Trinajstić information content (AvgIpc) is 3.78. The first-order chi connectivity index (χ1) is 23.0. The van der Waals surface area contributed by atoms with Gasteiger partial charge in [0.05, 0.1) is 57.2 Å². The topological polar surface area (TPSA) is 98.3 Å². The summed E-state index contributed by atoms with van der Waals surface area (Å²) in [5.41, 5.74) is 3.60. The number of aliphatic hydroxyl groups excluding tert-OH is 1. The van der Waals surface area contributed by atoms with Crippen LogP contribution in [0.1, 0.15) is 38.5 Å². The molecule has 0 unspecified atom stereocenters. The predicted molar refractivity (Wildman–Crippen MR) is 178 cm³/mol. The summed E-state index contributed by atoms with van der Waals surface area (Å²) in [6, 6.07) is 8.45. The summed E-state index contributed by atoms with van der Waals surface area (Å²) >= 11 is 1.11. The van der Waals surface area contributed by atoms with Gasteiger partial charge in [-0.25, -0.2) is 23.1 Å². The van der Waals surface area contributed by atoms with Gasteiger partial charge in [-0.15, -0.1) is 11.3 Å². The van der Waals surface area contributed by atoms with Crippen molar-refractivity contribution in [3.63, 3.8) is 0 Å². The number of benzene rings is 2. The zero-order valence-corrected chi connectivity index (χ0v) is 27.4. The average molecular weight is 673 g/mol. The van der Waals surface area contributed by atoms with E-state index in [-0.39, 0.29) is 46.5 Å². The van der Waals surface area contributed by atoms with E-state index in [1.165, 1.54) is 18.4 Å². The van der Waals surface area contributed by atoms with E-state index in [1.54, 1.807) is 22.0 Å². The molecule has 0 bridgehead atoms. The molecule has 246 valence electrons. The Hall–Kier alpha value is -5.01. The first kappa shape index (κ1) is 31.6. The smallest absolute Gasteiger partial charge is 0.246 e. The van der Waals surface area contributed by atoms with Crippen molar-refractivity contribution in [2.24, 2.45) is 7.05 Å². The molecule has 5 heterocycles. The maximum atomic E-state index is 16.1. The van der Waals surface area contributed by atoms with Crippen LogP contribution in [-0.2, 0) is 11.8 Å². The third kappa shape index (κ3) is 5.13. The van der Waals surface area contributed by atoms with Crippen LogP contribution in [0.5, 0.6) is 5.75 Å². The summed E-state index contributed by atoms with van der Waals surface area (Å²) in [6.07, 6.45) is 2.01. The molecule has 0 saturated carbocycles. The van der Waals surface area contributed by atoms with Gasteiger partial charge in [-0.05, 0) is 45.0 Å². The molecule has 13 heteroatoms. The SMILES string of the molecule is C=CC(=O)N1C[C@H](C)n2nc(-c3nc(-c4ccc5c(c4)ncn5C)c4scc(F)c4c3-c3c(F)cc(F)cc3OC[C@@H](C)O)cc2[C@H]1C. The van der Waals surface area contributed by atoms with Gasteiger partial charge in [-0.1, -0.05) is 12.6 Å². The molecule has 2 aromatic carbocycles. The zero-order chi connectivity index (χ0) is 34.0. The lowest BCUT2D eigenvalue weighted by molar-refractivity contribution is -0.129. The molecule has 0 aliphatic carbocycles. The fraction of sp³-hybridized carbons (Fsp3) is 0.257. The molecule has 0 radical (unpaired) electrons. The lowest BCUT2D eigenvalue weighted by atomic mass is 9.94. The second-order valence-corrected chi connectivity index (χ2v) is 12.9. The summed E-state index contributed by atoms with van der Waals surface area (Å²) < 4.78 is 56.7. The predicted octanol–water partition coefficient (Wildman–Crippen LogP) is 7.21. The fourth-order valence-electron chi connectivity index (χ4n) is 6.37. The van der Waals surface area contributed by atoms with Crippen molar-refractivity contribution in [2.75, 3.05) is 13.2 Å². The Morgan fingerprint density at radius 3 is 2.69 bits per heavy atom. The minimum atomic E-state index is -0.998.